The average molecular weight is 356 g/mol. The van der Waals surface area contributed by atoms with Gasteiger partial charge in [-0.1, -0.05) is 41.9 Å². The number of hydrogen-bond donors (Lipinski definition) is 1. The number of nitrogens with one attached hydrogen (secondary N) is 1. The van der Waals surface area contributed by atoms with Crippen molar-refractivity contribution in [1.29, 1.82) is 0 Å². The van der Waals surface area contributed by atoms with Gasteiger partial charge in [-0.2, -0.15) is 0 Å². The number of amides is 1. The summed E-state index contributed by atoms with van der Waals surface area (Å²) in [5.74, 6) is 1.14. The lowest BCUT2D eigenvalue weighted by Crippen LogP contribution is -2.28. The largest absolute Gasteiger partial charge is 0.484 e. The Morgan fingerprint density at radius 1 is 1.24 bits per heavy atom. The normalized spacial score (nSPS) is 10.6. The fourth-order valence-corrected chi connectivity index (χ4v) is 2.69. The Kier molecular flexibility index (Phi) is 5.36. The Labute approximate surface area is 150 Å². The summed E-state index contributed by atoms with van der Waals surface area (Å²) in [5.41, 5.74) is 1.70. The molecular weight excluding hydrogens is 338 g/mol. The van der Waals surface area contributed by atoms with E-state index in [2.05, 4.69) is 16.9 Å². The fourth-order valence-electron chi connectivity index (χ4n) is 2.50. The standard InChI is InChI=1S/C19H18ClN3O2/c1-2-11-21-19(24)12-23-16-9-5-4-8-15(16)22-18(23)13-25-17-10-6-3-7-14(17)20/h2-10H,1,11-13H2,(H,21,24). The number of fused-ring (bicyclic) bond motifs is 1. The summed E-state index contributed by atoms with van der Waals surface area (Å²) in [7, 11) is 0. The van der Waals surface area contributed by atoms with E-state index in [9.17, 15) is 4.79 Å². The van der Waals surface area contributed by atoms with Gasteiger partial charge in [-0.05, 0) is 24.3 Å². The summed E-state index contributed by atoms with van der Waals surface area (Å²) in [5, 5.41) is 3.31. The molecule has 6 heteroatoms. The number of ether oxygens (including phenoxy) is 1. The quantitative estimate of drug-likeness (QED) is 0.659. The van der Waals surface area contributed by atoms with Crippen molar-refractivity contribution < 1.29 is 9.53 Å². The number of hydrogen-bond acceptors (Lipinski definition) is 3. The third-order valence-corrected chi connectivity index (χ3v) is 3.98. The van der Waals surface area contributed by atoms with Crippen LogP contribution in [0.3, 0.4) is 0 Å². The SMILES string of the molecule is C=CCNC(=O)Cn1c(COc2ccccc2Cl)nc2ccccc21. The number of aromatic nitrogens is 2. The van der Waals surface area contributed by atoms with E-state index in [1.54, 1.807) is 18.2 Å². The molecule has 0 fully saturated rings. The van der Waals surface area contributed by atoms with Crippen molar-refractivity contribution >= 4 is 28.5 Å². The molecule has 3 rings (SSSR count). The van der Waals surface area contributed by atoms with Crippen molar-refractivity contribution in [2.45, 2.75) is 13.2 Å². The van der Waals surface area contributed by atoms with Crippen molar-refractivity contribution in [3.05, 3.63) is 72.0 Å². The van der Waals surface area contributed by atoms with Gasteiger partial charge in [0.2, 0.25) is 5.91 Å². The molecule has 0 saturated carbocycles. The first-order valence-corrected chi connectivity index (χ1v) is 8.26. The van der Waals surface area contributed by atoms with Crippen LogP contribution in [0, 0.1) is 0 Å². The molecule has 0 unspecified atom stereocenters. The number of rotatable bonds is 7. The zero-order valence-corrected chi connectivity index (χ0v) is 14.4. The Balaban J connectivity index is 1.86. The molecule has 1 amide bonds. The van der Waals surface area contributed by atoms with E-state index < -0.39 is 0 Å². The average Bonchev–Trinajstić information content (AvgIpc) is 2.97. The molecule has 0 atom stereocenters. The Morgan fingerprint density at radius 2 is 2.00 bits per heavy atom. The first-order chi connectivity index (χ1) is 12.2. The van der Waals surface area contributed by atoms with Gasteiger partial charge in [0.15, 0.2) is 0 Å². The maximum Gasteiger partial charge on any atom is 0.240 e. The van der Waals surface area contributed by atoms with E-state index in [0.29, 0.717) is 23.1 Å². The molecule has 1 heterocycles. The van der Waals surface area contributed by atoms with Gasteiger partial charge in [-0.25, -0.2) is 4.98 Å². The number of benzene rings is 2. The highest BCUT2D eigenvalue weighted by molar-refractivity contribution is 6.32. The van der Waals surface area contributed by atoms with Crippen molar-refractivity contribution in [3.8, 4) is 5.75 Å². The smallest absolute Gasteiger partial charge is 0.240 e. The highest BCUT2D eigenvalue weighted by Gasteiger charge is 2.14. The van der Waals surface area contributed by atoms with Crippen LogP contribution in [-0.2, 0) is 17.9 Å². The molecule has 0 aliphatic heterocycles. The van der Waals surface area contributed by atoms with E-state index >= 15 is 0 Å². The Bertz CT molecular complexity index is 905. The summed E-state index contributed by atoms with van der Waals surface area (Å²) >= 11 is 6.12. The molecule has 128 valence electrons. The molecule has 0 bridgehead atoms. The zero-order chi connectivity index (χ0) is 17.6. The third-order valence-electron chi connectivity index (χ3n) is 3.67. The van der Waals surface area contributed by atoms with Gasteiger partial charge in [-0.3, -0.25) is 4.79 Å². The van der Waals surface area contributed by atoms with Crippen LogP contribution in [0.2, 0.25) is 5.02 Å². The first-order valence-electron chi connectivity index (χ1n) is 7.88. The van der Waals surface area contributed by atoms with Crippen LogP contribution < -0.4 is 10.1 Å². The van der Waals surface area contributed by atoms with E-state index in [1.165, 1.54) is 0 Å². The number of halogens is 1. The van der Waals surface area contributed by atoms with Gasteiger partial charge < -0.3 is 14.6 Å². The van der Waals surface area contributed by atoms with Gasteiger partial charge in [0.05, 0.1) is 16.1 Å². The van der Waals surface area contributed by atoms with Crippen molar-refractivity contribution in [3.63, 3.8) is 0 Å². The monoisotopic (exact) mass is 355 g/mol. The van der Waals surface area contributed by atoms with E-state index in [4.69, 9.17) is 16.3 Å². The molecule has 0 aliphatic rings. The molecule has 0 aliphatic carbocycles. The van der Waals surface area contributed by atoms with Crippen LogP contribution in [0.4, 0.5) is 0 Å². The van der Waals surface area contributed by atoms with Crippen LogP contribution in [0.1, 0.15) is 5.82 Å². The molecule has 0 saturated heterocycles. The molecule has 5 nitrogen and oxygen atoms in total. The minimum absolute atomic E-state index is 0.109. The summed E-state index contributed by atoms with van der Waals surface area (Å²) < 4.78 is 7.64. The number of nitrogens with zero attached hydrogens (tertiary/aromatic N) is 2. The third kappa shape index (κ3) is 4.00. The van der Waals surface area contributed by atoms with Crippen molar-refractivity contribution in [2.75, 3.05) is 6.54 Å². The highest BCUT2D eigenvalue weighted by Crippen LogP contribution is 2.25. The number of carbonyl (C=O) groups is 1. The molecule has 25 heavy (non-hydrogen) atoms. The summed E-state index contributed by atoms with van der Waals surface area (Å²) in [6.07, 6.45) is 1.64. The molecule has 1 N–H and O–H groups in total. The van der Waals surface area contributed by atoms with E-state index in [0.717, 1.165) is 11.0 Å². The fraction of sp³-hybridized carbons (Fsp3) is 0.158. The molecule has 1 aromatic heterocycles. The van der Waals surface area contributed by atoms with Crippen LogP contribution in [0.5, 0.6) is 5.75 Å². The summed E-state index contributed by atoms with van der Waals surface area (Å²) in [4.78, 5) is 16.7. The second-order valence-corrected chi connectivity index (χ2v) is 5.82. The van der Waals surface area contributed by atoms with E-state index in [-0.39, 0.29) is 19.1 Å². The van der Waals surface area contributed by atoms with Gasteiger partial charge in [0.25, 0.3) is 0 Å². The van der Waals surface area contributed by atoms with Gasteiger partial charge in [0.1, 0.15) is 24.7 Å². The van der Waals surface area contributed by atoms with Crippen LogP contribution >= 0.6 is 11.6 Å². The predicted molar refractivity (Wildman–Crippen MR) is 98.7 cm³/mol. The molecule has 0 radical (unpaired) electrons. The Hall–Kier alpha value is -2.79. The highest BCUT2D eigenvalue weighted by atomic mass is 35.5. The second kappa shape index (κ2) is 7.85. The van der Waals surface area contributed by atoms with Crippen LogP contribution in [-0.4, -0.2) is 22.0 Å². The van der Waals surface area contributed by atoms with Gasteiger partial charge in [-0.15, -0.1) is 6.58 Å². The molecule has 2 aromatic carbocycles. The number of imidazole rings is 1. The van der Waals surface area contributed by atoms with E-state index in [1.807, 2.05) is 41.0 Å². The lowest BCUT2D eigenvalue weighted by atomic mass is 10.3. The van der Waals surface area contributed by atoms with Gasteiger partial charge in [0, 0.05) is 6.54 Å². The number of carbonyl (C=O) groups excluding carboxylic acids is 1. The summed E-state index contributed by atoms with van der Waals surface area (Å²) in [6.45, 7) is 4.41. The lowest BCUT2D eigenvalue weighted by molar-refractivity contribution is -0.121. The second-order valence-electron chi connectivity index (χ2n) is 5.41. The van der Waals surface area contributed by atoms with Crippen LogP contribution in [0.15, 0.2) is 61.2 Å². The minimum Gasteiger partial charge on any atom is -0.484 e. The van der Waals surface area contributed by atoms with Gasteiger partial charge >= 0.3 is 0 Å². The summed E-state index contributed by atoms with van der Waals surface area (Å²) in [6, 6.07) is 14.9. The number of para-hydroxylation sites is 3. The maximum atomic E-state index is 12.1. The molecular formula is C19H18ClN3O2. The topological polar surface area (TPSA) is 56.2 Å². The molecule has 3 aromatic rings. The van der Waals surface area contributed by atoms with Crippen molar-refractivity contribution in [2.24, 2.45) is 0 Å². The first kappa shape index (κ1) is 17.0. The lowest BCUT2D eigenvalue weighted by Gasteiger charge is -2.11. The predicted octanol–water partition coefficient (Wildman–Crippen LogP) is 3.57. The molecule has 0 spiro atoms. The zero-order valence-electron chi connectivity index (χ0n) is 13.6. The Morgan fingerprint density at radius 3 is 2.80 bits per heavy atom. The van der Waals surface area contributed by atoms with Crippen molar-refractivity contribution in [1.82, 2.24) is 14.9 Å². The van der Waals surface area contributed by atoms with Crippen LogP contribution in [0.25, 0.3) is 11.0 Å². The maximum absolute atomic E-state index is 12.1. The minimum atomic E-state index is -0.109.